The van der Waals surface area contributed by atoms with Gasteiger partial charge in [0.2, 0.25) is 0 Å². The summed E-state index contributed by atoms with van der Waals surface area (Å²) in [5.74, 6) is 1.16. The van der Waals surface area contributed by atoms with Crippen LogP contribution in [0, 0.1) is 0 Å². The smallest absolute Gasteiger partial charge is 0.303 e. The summed E-state index contributed by atoms with van der Waals surface area (Å²) in [6.45, 7) is 1.15. The Balaban J connectivity index is 1.14. The molecule has 184 valence electrons. The molecule has 3 aromatic rings. The molecule has 1 unspecified atom stereocenters. The third kappa shape index (κ3) is 5.46. The molecule has 36 heavy (non-hydrogen) atoms. The Hall–Kier alpha value is -3.99. The van der Waals surface area contributed by atoms with E-state index in [2.05, 4.69) is 78.0 Å². The lowest BCUT2D eigenvalue weighted by Gasteiger charge is -2.18. The lowest BCUT2D eigenvalue weighted by molar-refractivity contribution is -0.137. The Morgan fingerprint density at radius 2 is 1.53 bits per heavy atom. The molecule has 1 aliphatic heterocycles. The maximum Gasteiger partial charge on any atom is 0.303 e. The quantitative estimate of drug-likeness (QED) is 0.295. The monoisotopic (exact) mass is 481 g/mol. The number of carboxylic acids is 1. The minimum absolute atomic E-state index is 0.194. The molecule has 1 N–H and O–H groups in total. The number of anilines is 1. The van der Waals surface area contributed by atoms with Gasteiger partial charge in [-0.3, -0.25) is 4.79 Å². The van der Waals surface area contributed by atoms with Crippen LogP contribution in [0.2, 0.25) is 0 Å². The molecule has 5 rings (SSSR count). The van der Waals surface area contributed by atoms with E-state index in [-0.39, 0.29) is 12.3 Å². The van der Waals surface area contributed by atoms with E-state index >= 15 is 0 Å². The first-order chi connectivity index (χ1) is 17.7. The van der Waals surface area contributed by atoms with Crippen molar-refractivity contribution in [1.29, 1.82) is 0 Å². The molecule has 5 heteroatoms. The molecule has 1 atom stereocenters. The number of hydrogen-bond donors (Lipinski definition) is 1. The second-order valence-electron chi connectivity index (χ2n) is 9.13. The first kappa shape index (κ1) is 23.7. The van der Waals surface area contributed by atoms with Gasteiger partial charge in [0.15, 0.2) is 0 Å². The number of allylic oxidation sites excluding steroid dienone is 2. The predicted molar refractivity (Wildman–Crippen MR) is 143 cm³/mol. The summed E-state index contributed by atoms with van der Waals surface area (Å²) in [7, 11) is 0. The number of ether oxygens (including phenoxy) is 2. The number of benzene rings is 3. The molecule has 0 fully saturated rings. The van der Waals surface area contributed by atoms with Crippen LogP contribution in [0.15, 0.2) is 91.3 Å². The topological polar surface area (TPSA) is 59.0 Å². The van der Waals surface area contributed by atoms with Gasteiger partial charge in [0.1, 0.15) is 11.5 Å². The van der Waals surface area contributed by atoms with Crippen molar-refractivity contribution in [2.75, 3.05) is 18.1 Å². The molecule has 0 amide bonds. The zero-order chi connectivity index (χ0) is 24.7. The second kappa shape index (κ2) is 11.2. The van der Waals surface area contributed by atoms with E-state index in [1.807, 2.05) is 18.2 Å². The highest BCUT2D eigenvalue weighted by molar-refractivity contribution is 5.79. The number of nitrogens with zero attached hydrogens (tertiary/aromatic N) is 1. The van der Waals surface area contributed by atoms with E-state index in [0.29, 0.717) is 19.6 Å². The van der Waals surface area contributed by atoms with Gasteiger partial charge in [0.05, 0.1) is 13.2 Å². The zero-order valence-corrected chi connectivity index (χ0v) is 20.3. The predicted octanol–water partition coefficient (Wildman–Crippen LogP) is 7.14. The molecular weight excluding hydrogens is 450 g/mol. The van der Waals surface area contributed by atoms with E-state index in [1.54, 1.807) is 0 Å². The number of carboxylic acid groups (broad SMARTS) is 1. The van der Waals surface area contributed by atoms with E-state index in [4.69, 9.17) is 14.6 Å². The Bertz CT molecular complexity index is 1250. The molecule has 0 radical (unpaired) electrons. The summed E-state index contributed by atoms with van der Waals surface area (Å²) in [5.41, 5.74) is 6.08. The van der Waals surface area contributed by atoms with Gasteiger partial charge in [-0.15, -0.1) is 0 Å². The van der Waals surface area contributed by atoms with Gasteiger partial charge in [-0.25, -0.2) is 0 Å². The Kier molecular flexibility index (Phi) is 7.36. The van der Waals surface area contributed by atoms with E-state index in [9.17, 15) is 4.79 Å². The Morgan fingerprint density at radius 1 is 0.833 bits per heavy atom. The van der Waals surface area contributed by atoms with Crippen molar-refractivity contribution in [3.8, 4) is 22.6 Å². The number of hydrogen-bond acceptors (Lipinski definition) is 4. The maximum absolute atomic E-state index is 11.0. The number of fused-ring (bicyclic) bond motifs is 3. The Labute approximate surface area is 212 Å². The van der Waals surface area contributed by atoms with Gasteiger partial charge >= 0.3 is 5.97 Å². The minimum Gasteiger partial charge on any atom is -0.493 e. The van der Waals surface area contributed by atoms with Crippen LogP contribution in [0.4, 0.5) is 5.69 Å². The van der Waals surface area contributed by atoms with E-state index in [1.165, 1.54) is 22.3 Å². The molecule has 1 heterocycles. The molecule has 1 aliphatic carbocycles. The summed E-state index contributed by atoms with van der Waals surface area (Å²) in [6.07, 6.45) is 11.8. The highest BCUT2D eigenvalue weighted by Crippen LogP contribution is 2.48. The molecule has 0 saturated carbocycles. The summed E-state index contributed by atoms with van der Waals surface area (Å²) in [4.78, 5) is 13.1. The summed E-state index contributed by atoms with van der Waals surface area (Å²) >= 11 is 0. The van der Waals surface area contributed by atoms with Crippen LogP contribution in [-0.2, 0) is 4.79 Å². The lowest BCUT2D eigenvalue weighted by atomic mass is 9.91. The number of rotatable bonds is 11. The van der Waals surface area contributed by atoms with Crippen molar-refractivity contribution in [2.45, 2.75) is 38.0 Å². The third-order valence-electron chi connectivity index (χ3n) is 6.67. The SMILES string of the molecule is O=C(O)CCCC1c2ccccc2-c2ccc(OCCCOc3ccc(N4C=CCC=C4)cc3)cc21. The van der Waals surface area contributed by atoms with Crippen LogP contribution in [-0.4, -0.2) is 24.3 Å². The highest BCUT2D eigenvalue weighted by atomic mass is 16.5. The van der Waals surface area contributed by atoms with Gasteiger partial charge in [0.25, 0.3) is 0 Å². The molecule has 0 bridgehead atoms. The third-order valence-corrected chi connectivity index (χ3v) is 6.67. The fourth-order valence-corrected chi connectivity index (χ4v) is 4.95. The first-order valence-corrected chi connectivity index (χ1v) is 12.6. The van der Waals surface area contributed by atoms with E-state index < -0.39 is 5.97 Å². The van der Waals surface area contributed by atoms with Crippen molar-refractivity contribution in [3.05, 3.63) is 102 Å². The fraction of sp³-hybridized carbons (Fsp3) is 0.258. The summed E-state index contributed by atoms with van der Waals surface area (Å²) < 4.78 is 12.0. The lowest BCUT2D eigenvalue weighted by Crippen LogP contribution is -2.09. The first-order valence-electron chi connectivity index (χ1n) is 12.6. The van der Waals surface area contributed by atoms with Gasteiger partial charge in [-0.05, 0) is 77.9 Å². The summed E-state index contributed by atoms with van der Waals surface area (Å²) in [5, 5.41) is 9.06. The van der Waals surface area contributed by atoms with Gasteiger partial charge < -0.3 is 19.5 Å². The molecular formula is C31H31NO4. The fourth-order valence-electron chi connectivity index (χ4n) is 4.95. The van der Waals surface area contributed by atoms with Gasteiger partial charge in [0, 0.05) is 36.8 Å². The van der Waals surface area contributed by atoms with Crippen molar-refractivity contribution in [3.63, 3.8) is 0 Å². The molecule has 2 aliphatic rings. The molecule has 0 spiro atoms. The van der Waals surface area contributed by atoms with Crippen LogP contribution < -0.4 is 14.4 Å². The highest BCUT2D eigenvalue weighted by Gasteiger charge is 2.28. The molecule has 0 saturated heterocycles. The molecule has 3 aromatic carbocycles. The van der Waals surface area contributed by atoms with Crippen molar-refractivity contribution < 1.29 is 19.4 Å². The molecule has 0 aromatic heterocycles. The van der Waals surface area contributed by atoms with Crippen molar-refractivity contribution in [2.24, 2.45) is 0 Å². The van der Waals surface area contributed by atoms with Gasteiger partial charge in [-0.1, -0.05) is 42.5 Å². The van der Waals surface area contributed by atoms with Crippen LogP contribution in [0.25, 0.3) is 11.1 Å². The normalized spacial score (nSPS) is 15.4. The number of carbonyl (C=O) groups is 1. The summed E-state index contributed by atoms with van der Waals surface area (Å²) in [6, 6.07) is 22.8. The van der Waals surface area contributed by atoms with Crippen LogP contribution >= 0.6 is 0 Å². The van der Waals surface area contributed by atoms with Crippen LogP contribution in [0.1, 0.15) is 49.1 Å². The maximum atomic E-state index is 11.0. The standard InChI is InChI=1S/C31H31NO4/c33-31(34)11-6-10-28-26-8-2-3-9-27(26)29-17-16-25(22-30(28)29)36-21-7-20-35-24-14-12-23(13-15-24)32-18-4-1-5-19-32/h2-5,8-9,12-19,22,28H,1,6-7,10-11,20-21H2,(H,33,34). The number of aliphatic carboxylic acids is 1. The van der Waals surface area contributed by atoms with Crippen LogP contribution in [0.5, 0.6) is 11.5 Å². The van der Waals surface area contributed by atoms with E-state index in [0.717, 1.165) is 36.4 Å². The van der Waals surface area contributed by atoms with Crippen molar-refractivity contribution in [1.82, 2.24) is 0 Å². The average molecular weight is 482 g/mol. The zero-order valence-electron chi connectivity index (χ0n) is 20.3. The van der Waals surface area contributed by atoms with Gasteiger partial charge in [-0.2, -0.15) is 0 Å². The second-order valence-corrected chi connectivity index (χ2v) is 9.13. The molecule has 5 nitrogen and oxygen atoms in total. The Morgan fingerprint density at radius 3 is 2.31 bits per heavy atom. The van der Waals surface area contributed by atoms with Crippen molar-refractivity contribution >= 4 is 11.7 Å². The minimum atomic E-state index is -0.743. The largest absolute Gasteiger partial charge is 0.493 e. The average Bonchev–Trinajstić information content (AvgIpc) is 3.22. The van der Waals surface area contributed by atoms with Crippen LogP contribution in [0.3, 0.4) is 0 Å².